The van der Waals surface area contributed by atoms with Crippen molar-refractivity contribution in [1.29, 1.82) is 0 Å². The number of anilines is 3. The van der Waals surface area contributed by atoms with E-state index in [1.807, 2.05) is 23.7 Å². The van der Waals surface area contributed by atoms with E-state index < -0.39 is 10.8 Å². The lowest BCUT2D eigenvalue weighted by molar-refractivity contribution is 0.731. The molecule has 0 atom stereocenters. The lowest BCUT2D eigenvalue weighted by Gasteiger charge is -2.46. The molecule has 3 nitrogen and oxygen atoms in total. The monoisotopic (exact) mass is 831 g/mol. The lowest BCUT2D eigenvalue weighted by atomic mass is 9.61. The summed E-state index contributed by atoms with van der Waals surface area (Å²) in [7, 11) is 0. The Labute approximate surface area is 374 Å². The number of fused-ring (bicyclic) bond motifs is 15. The van der Waals surface area contributed by atoms with Gasteiger partial charge in [-0.3, -0.25) is 9.97 Å². The van der Waals surface area contributed by atoms with Crippen LogP contribution in [0.1, 0.15) is 55.6 Å². The fraction of sp³-hybridized carbons (Fsp3) is 0.0667. The van der Waals surface area contributed by atoms with Crippen molar-refractivity contribution in [2.24, 2.45) is 0 Å². The molecule has 8 aromatic carbocycles. The summed E-state index contributed by atoms with van der Waals surface area (Å²) in [6, 6.07) is 70.8. The van der Waals surface area contributed by atoms with Crippen molar-refractivity contribution in [1.82, 2.24) is 9.97 Å². The molecule has 0 saturated heterocycles. The molecule has 1 aliphatic heterocycles. The topological polar surface area (TPSA) is 29.0 Å². The van der Waals surface area contributed by atoms with Crippen LogP contribution in [0.5, 0.6) is 0 Å². The molecule has 0 unspecified atom stereocenters. The number of aromatic nitrogens is 2. The second-order valence-electron chi connectivity index (χ2n) is 17.8. The molecule has 298 valence electrons. The van der Waals surface area contributed by atoms with Gasteiger partial charge in [-0.2, -0.15) is 0 Å². The first-order valence-electron chi connectivity index (χ1n) is 22.4. The van der Waals surface area contributed by atoms with Crippen LogP contribution in [-0.2, 0) is 23.7 Å². The smallest absolute Gasteiger partial charge is 0.0937 e. The number of hydrogen-bond acceptors (Lipinski definition) is 4. The number of rotatable bonds is 3. The van der Waals surface area contributed by atoms with E-state index in [9.17, 15) is 0 Å². The SMILES string of the molecule is c1ccc(C2(c3ccccc3)c3ccccc3N(c3cccc4c3sc3c5c(ccc34)C3(c4cccnc4-c4ncccc43)c3ccc4c6c(ccc-5c36)CC4)c3ccccc32)cc1. The summed E-state index contributed by atoms with van der Waals surface area (Å²) >= 11 is 1.95. The third-order valence-electron chi connectivity index (χ3n) is 15.1. The summed E-state index contributed by atoms with van der Waals surface area (Å²) in [5, 5.41) is 5.41. The lowest BCUT2D eigenvalue weighted by Crippen LogP contribution is -2.37. The Morgan fingerprint density at radius 2 is 0.938 bits per heavy atom. The van der Waals surface area contributed by atoms with E-state index in [1.54, 1.807) is 0 Å². The van der Waals surface area contributed by atoms with Gasteiger partial charge in [-0.15, -0.1) is 11.3 Å². The van der Waals surface area contributed by atoms with Crippen LogP contribution < -0.4 is 4.90 Å². The van der Waals surface area contributed by atoms with Gasteiger partial charge in [-0.05, 0) is 115 Å². The molecule has 15 rings (SSSR count). The van der Waals surface area contributed by atoms with Gasteiger partial charge in [0.15, 0.2) is 0 Å². The first kappa shape index (κ1) is 34.9. The third-order valence-corrected chi connectivity index (χ3v) is 16.4. The number of para-hydroxylation sites is 2. The zero-order chi connectivity index (χ0) is 41.7. The Balaban J connectivity index is 1.05. The fourth-order valence-electron chi connectivity index (χ4n) is 12.8. The van der Waals surface area contributed by atoms with Crippen LogP contribution in [0.4, 0.5) is 17.1 Å². The molecule has 0 fully saturated rings. The Kier molecular flexibility index (Phi) is 6.81. The maximum absolute atomic E-state index is 5.07. The Morgan fingerprint density at radius 3 is 1.59 bits per heavy atom. The van der Waals surface area contributed by atoms with Gasteiger partial charge in [0.05, 0.1) is 44.0 Å². The average Bonchev–Trinajstić information content (AvgIpc) is 4.06. The molecular weight excluding hydrogens is 795 g/mol. The summed E-state index contributed by atoms with van der Waals surface area (Å²) < 4.78 is 2.61. The van der Waals surface area contributed by atoms with E-state index in [2.05, 4.69) is 193 Å². The van der Waals surface area contributed by atoms with Gasteiger partial charge in [0.2, 0.25) is 0 Å². The first-order chi connectivity index (χ1) is 31.8. The quantitative estimate of drug-likeness (QED) is 0.178. The first-order valence-corrected chi connectivity index (χ1v) is 23.2. The fourth-order valence-corrected chi connectivity index (χ4v) is 14.2. The van der Waals surface area contributed by atoms with Crippen LogP contribution in [0.2, 0.25) is 0 Å². The van der Waals surface area contributed by atoms with Gasteiger partial charge < -0.3 is 4.90 Å². The highest BCUT2D eigenvalue weighted by molar-refractivity contribution is 7.27. The average molecular weight is 832 g/mol. The zero-order valence-electron chi connectivity index (χ0n) is 34.7. The molecule has 64 heavy (non-hydrogen) atoms. The summed E-state index contributed by atoms with van der Waals surface area (Å²) in [6.07, 6.45) is 6.01. The minimum Gasteiger partial charge on any atom is -0.308 e. The third kappa shape index (κ3) is 4.09. The zero-order valence-corrected chi connectivity index (χ0v) is 35.5. The van der Waals surface area contributed by atoms with Gasteiger partial charge in [0.25, 0.3) is 0 Å². The highest BCUT2D eigenvalue weighted by Gasteiger charge is 2.52. The molecule has 0 radical (unpaired) electrons. The molecule has 0 amide bonds. The summed E-state index contributed by atoms with van der Waals surface area (Å²) in [5.74, 6) is 0. The minimum atomic E-state index is -0.564. The molecule has 11 aromatic rings. The molecule has 1 spiro atoms. The van der Waals surface area contributed by atoms with E-state index >= 15 is 0 Å². The molecule has 0 N–H and O–H groups in total. The molecule has 0 bridgehead atoms. The highest BCUT2D eigenvalue weighted by atomic mass is 32.1. The second-order valence-corrected chi connectivity index (χ2v) is 18.8. The van der Waals surface area contributed by atoms with Crippen LogP contribution >= 0.6 is 11.3 Å². The molecule has 3 aromatic heterocycles. The number of hydrogen-bond donors (Lipinski definition) is 0. The number of thiophene rings is 1. The Hall–Kier alpha value is -7.66. The number of aryl methyl sites for hydroxylation is 2. The number of benzene rings is 8. The van der Waals surface area contributed by atoms with Gasteiger partial charge in [0.1, 0.15) is 0 Å². The van der Waals surface area contributed by atoms with Crippen molar-refractivity contribution in [3.8, 4) is 22.5 Å². The molecule has 3 aliphatic carbocycles. The van der Waals surface area contributed by atoms with Crippen molar-refractivity contribution in [3.63, 3.8) is 0 Å². The molecular formula is C60H37N3S. The van der Waals surface area contributed by atoms with Crippen LogP contribution in [0, 0.1) is 0 Å². The van der Waals surface area contributed by atoms with Crippen LogP contribution in [-0.4, -0.2) is 9.97 Å². The summed E-state index contributed by atoms with van der Waals surface area (Å²) in [5.41, 5.74) is 20.2. The van der Waals surface area contributed by atoms with E-state index in [1.165, 1.54) is 115 Å². The predicted molar refractivity (Wildman–Crippen MR) is 263 cm³/mol. The van der Waals surface area contributed by atoms with Gasteiger partial charge in [0, 0.05) is 33.4 Å². The molecule has 4 heterocycles. The van der Waals surface area contributed by atoms with Crippen LogP contribution in [0.15, 0.2) is 200 Å². The summed E-state index contributed by atoms with van der Waals surface area (Å²) in [6.45, 7) is 0. The van der Waals surface area contributed by atoms with E-state index in [4.69, 9.17) is 9.97 Å². The normalized spacial score (nSPS) is 15.3. The van der Waals surface area contributed by atoms with Crippen molar-refractivity contribution in [2.75, 3.05) is 4.90 Å². The van der Waals surface area contributed by atoms with Gasteiger partial charge >= 0.3 is 0 Å². The van der Waals surface area contributed by atoms with Crippen molar-refractivity contribution >= 4 is 59.3 Å². The maximum atomic E-state index is 5.07. The number of nitrogens with zero attached hydrogens (tertiary/aromatic N) is 3. The van der Waals surface area contributed by atoms with Gasteiger partial charge in [-0.25, -0.2) is 0 Å². The largest absolute Gasteiger partial charge is 0.308 e. The van der Waals surface area contributed by atoms with Crippen molar-refractivity contribution in [2.45, 2.75) is 23.7 Å². The number of pyridine rings is 2. The van der Waals surface area contributed by atoms with E-state index in [0.29, 0.717) is 0 Å². The Bertz CT molecular complexity index is 3670. The molecule has 0 saturated carbocycles. The van der Waals surface area contributed by atoms with Crippen LogP contribution in [0.3, 0.4) is 0 Å². The second kappa shape index (κ2) is 12.5. The summed E-state index contributed by atoms with van der Waals surface area (Å²) in [4.78, 5) is 12.7. The predicted octanol–water partition coefficient (Wildman–Crippen LogP) is 14.6. The van der Waals surface area contributed by atoms with Crippen molar-refractivity contribution < 1.29 is 0 Å². The van der Waals surface area contributed by atoms with Crippen molar-refractivity contribution in [3.05, 3.63) is 256 Å². The van der Waals surface area contributed by atoms with Crippen LogP contribution in [0.25, 0.3) is 53.5 Å². The highest BCUT2D eigenvalue weighted by Crippen LogP contribution is 2.64. The maximum Gasteiger partial charge on any atom is 0.0937 e. The molecule has 4 heteroatoms. The minimum absolute atomic E-state index is 0.529. The van der Waals surface area contributed by atoms with E-state index in [0.717, 1.165) is 24.2 Å². The Morgan fingerprint density at radius 1 is 0.391 bits per heavy atom. The molecule has 4 aliphatic rings. The van der Waals surface area contributed by atoms with E-state index in [-0.39, 0.29) is 0 Å². The van der Waals surface area contributed by atoms with Gasteiger partial charge in [-0.1, -0.05) is 158 Å². The standard InChI is InChI=1S/C60H37N3S/c1-3-14-38(15-4-1)59(39-16-5-2-6-17-39)43-19-7-9-23-49(43)63(50-24-10-8-20-44(50)59)51-25-11-18-40-41-31-33-46-54(58(41)64-57(40)51)42-30-28-36-26-27-37-29-32-45(53(42)52(36)37)60(46)47-21-12-34-61-55(47)56-48(60)22-13-35-62-56/h1-25,28-35H,26-27H2.